The van der Waals surface area contributed by atoms with Gasteiger partial charge in [-0.15, -0.1) is 8.78 Å². The third kappa shape index (κ3) is 3.67. The molecule has 1 aliphatic carbocycles. The molecule has 9 heteroatoms. The van der Waals surface area contributed by atoms with Crippen molar-refractivity contribution in [3.05, 3.63) is 64.3 Å². The van der Waals surface area contributed by atoms with Crippen LogP contribution in [0.5, 0.6) is 11.5 Å². The van der Waals surface area contributed by atoms with E-state index in [0.717, 1.165) is 18.4 Å². The molecule has 1 saturated carbocycles. The number of ether oxygens (including phenoxy) is 2. The summed E-state index contributed by atoms with van der Waals surface area (Å²) in [5, 5.41) is 0. The molecule has 7 nitrogen and oxygen atoms in total. The Kier molecular flexibility index (Phi) is 4.04. The molecule has 3 aromatic rings. The molecule has 1 fully saturated rings. The van der Waals surface area contributed by atoms with Crippen molar-refractivity contribution < 1.29 is 18.3 Å². The number of alkyl halides is 2. The number of H-pyrrole nitrogens is 1. The maximum Gasteiger partial charge on any atom is 0.586 e. The van der Waals surface area contributed by atoms with E-state index in [4.69, 9.17) is 0 Å². The molecule has 2 aliphatic rings. The number of aromatic nitrogens is 4. The summed E-state index contributed by atoms with van der Waals surface area (Å²) in [5.74, 6) is 1.10. The minimum atomic E-state index is -3.64. The fourth-order valence-electron chi connectivity index (χ4n) is 3.62. The number of hydrogen-bond acceptors (Lipinski definition) is 6. The highest BCUT2D eigenvalue weighted by Crippen LogP contribution is 2.48. The van der Waals surface area contributed by atoms with Gasteiger partial charge in [0.25, 0.3) is 5.56 Å². The molecule has 1 aliphatic heterocycles. The first-order chi connectivity index (χ1) is 14.0. The van der Waals surface area contributed by atoms with Gasteiger partial charge >= 0.3 is 6.29 Å². The van der Waals surface area contributed by atoms with Gasteiger partial charge in [0, 0.05) is 24.2 Å². The Morgan fingerprint density at radius 1 is 1.14 bits per heavy atom. The molecular weight excluding hydrogens is 382 g/mol. The second-order valence-electron chi connectivity index (χ2n) is 7.18. The number of aromatic amines is 1. The molecule has 29 heavy (non-hydrogen) atoms. The zero-order valence-electron chi connectivity index (χ0n) is 15.1. The standard InChI is InChI=1S/C20H16F2N4O3/c21-20(22)28-15-5-4-12(8-16(15)29-20)14(11-2-3-11)9-13-10-17(27)26-19(25-13)18-23-6-1-7-24-18/h1,4-8,10-11,14H,2-3,9H2,(H,25,26,27). The monoisotopic (exact) mass is 398 g/mol. The predicted octanol–water partition coefficient (Wildman–Crippen LogP) is 3.28. The zero-order valence-corrected chi connectivity index (χ0v) is 15.1. The number of rotatable bonds is 5. The average Bonchev–Trinajstić information content (AvgIpc) is 3.48. The molecule has 0 bridgehead atoms. The second kappa shape index (κ2) is 6.61. The van der Waals surface area contributed by atoms with Crippen LogP contribution in [0.1, 0.15) is 30.0 Å². The summed E-state index contributed by atoms with van der Waals surface area (Å²) >= 11 is 0. The molecule has 2 aromatic heterocycles. The first-order valence-corrected chi connectivity index (χ1v) is 9.24. The first-order valence-electron chi connectivity index (χ1n) is 9.24. The largest absolute Gasteiger partial charge is 0.586 e. The van der Waals surface area contributed by atoms with Crippen LogP contribution in [0.15, 0.2) is 47.5 Å². The Hall–Kier alpha value is -3.36. The molecule has 0 spiro atoms. The van der Waals surface area contributed by atoms with Gasteiger partial charge in [-0.2, -0.15) is 0 Å². The van der Waals surface area contributed by atoms with Gasteiger partial charge in [0.1, 0.15) is 0 Å². The molecule has 1 unspecified atom stereocenters. The number of nitrogens with one attached hydrogen (secondary N) is 1. The Morgan fingerprint density at radius 2 is 1.90 bits per heavy atom. The third-order valence-electron chi connectivity index (χ3n) is 5.05. The number of halogens is 2. The van der Waals surface area contributed by atoms with E-state index in [1.165, 1.54) is 12.1 Å². The number of nitrogens with zero attached hydrogens (tertiary/aromatic N) is 3. The molecule has 3 heterocycles. The van der Waals surface area contributed by atoms with Crippen LogP contribution in [0.25, 0.3) is 11.6 Å². The van der Waals surface area contributed by atoms with Gasteiger partial charge in [-0.05, 0) is 54.9 Å². The van der Waals surface area contributed by atoms with Crippen LogP contribution in [-0.2, 0) is 6.42 Å². The number of hydrogen-bond donors (Lipinski definition) is 1. The van der Waals surface area contributed by atoms with Crippen LogP contribution in [0.3, 0.4) is 0 Å². The lowest BCUT2D eigenvalue weighted by Gasteiger charge is -2.17. The van der Waals surface area contributed by atoms with E-state index in [2.05, 4.69) is 29.4 Å². The molecule has 1 atom stereocenters. The van der Waals surface area contributed by atoms with Gasteiger partial charge in [0.2, 0.25) is 0 Å². The predicted molar refractivity (Wildman–Crippen MR) is 97.7 cm³/mol. The van der Waals surface area contributed by atoms with Crippen LogP contribution in [-0.4, -0.2) is 26.2 Å². The molecule has 148 valence electrons. The van der Waals surface area contributed by atoms with Crippen molar-refractivity contribution in [1.29, 1.82) is 0 Å². The van der Waals surface area contributed by atoms with Crippen molar-refractivity contribution in [1.82, 2.24) is 19.9 Å². The van der Waals surface area contributed by atoms with Crippen LogP contribution in [0.2, 0.25) is 0 Å². The molecule has 1 N–H and O–H groups in total. The summed E-state index contributed by atoms with van der Waals surface area (Å²) in [4.78, 5) is 27.6. The Bertz CT molecular complexity index is 1120. The van der Waals surface area contributed by atoms with E-state index in [-0.39, 0.29) is 23.0 Å². The fourth-order valence-corrected chi connectivity index (χ4v) is 3.62. The smallest absolute Gasteiger partial charge is 0.395 e. The van der Waals surface area contributed by atoms with Gasteiger partial charge in [-0.25, -0.2) is 15.0 Å². The lowest BCUT2D eigenvalue weighted by molar-refractivity contribution is -0.286. The van der Waals surface area contributed by atoms with Crippen LogP contribution >= 0.6 is 0 Å². The van der Waals surface area contributed by atoms with E-state index in [0.29, 0.717) is 29.7 Å². The van der Waals surface area contributed by atoms with Crippen molar-refractivity contribution in [2.75, 3.05) is 0 Å². The second-order valence-corrected chi connectivity index (χ2v) is 7.18. The minimum Gasteiger partial charge on any atom is -0.395 e. The number of benzene rings is 1. The van der Waals surface area contributed by atoms with Crippen LogP contribution < -0.4 is 15.0 Å². The van der Waals surface area contributed by atoms with Gasteiger partial charge in [0.15, 0.2) is 23.1 Å². The van der Waals surface area contributed by atoms with Gasteiger partial charge in [-0.1, -0.05) is 6.07 Å². The lowest BCUT2D eigenvalue weighted by Crippen LogP contribution is -2.25. The molecule has 0 amide bonds. The quantitative estimate of drug-likeness (QED) is 0.709. The summed E-state index contributed by atoms with van der Waals surface area (Å²) in [7, 11) is 0. The van der Waals surface area contributed by atoms with Crippen molar-refractivity contribution in [2.45, 2.75) is 31.5 Å². The summed E-state index contributed by atoms with van der Waals surface area (Å²) in [5.41, 5.74) is 1.15. The summed E-state index contributed by atoms with van der Waals surface area (Å²) < 4.78 is 35.7. The Labute approximate surface area is 163 Å². The highest BCUT2D eigenvalue weighted by molar-refractivity contribution is 5.47. The van der Waals surface area contributed by atoms with E-state index in [1.54, 1.807) is 30.6 Å². The average molecular weight is 398 g/mol. The highest BCUT2D eigenvalue weighted by atomic mass is 19.3. The SMILES string of the molecule is O=c1cc(CC(c2ccc3c(c2)OC(F)(F)O3)C2CC2)nc(-c2ncccn2)[nH]1. The summed E-state index contributed by atoms with van der Waals surface area (Å²) in [6, 6.07) is 7.98. The van der Waals surface area contributed by atoms with Crippen molar-refractivity contribution >= 4 is 0 Å². The summed E-state index contributed by atoms with van der Waals surface area (Å²) in [6.07, 6.45) is 2.06. The van der Waals surface area contributed by atoms with Gasteiger partial charge in [-0.3, -0.25) is 4.79 Å². The highest BCUT2D eigenvalue weighted by Gasteiger charge is 2.44. The molecule has 0 saturated heterocycles. The van der Waals surface area contributed by atoms with E-state index in [1.807, 2.05) is 0 Å². The van der Waals surface area contributed by atoms with Crippen molar-refractivity contribution in [2.24, 2.45) is 5.92 Å². The molecule has 1 aromatic carbocycles. The van der Waals surface area contributed by atoms with Crippen LogP contribution in [0.4, 0.5) is 8.78 Å². The topological polar surface area (TPSA) is 90.0 Å². The lowest BCUT2D eigenvalue weighted by atomic mass is 9.89. The normalized spacial score (nSPS) is 17.9. The van der Waals surface area contributed by atoms with E-state index >= 15 is 0 Å². The fraction of sp³-hybridized carbons (Fsp3) is 0.300. The molecule has 5 rings (SSSR count). The minimum absolute atomic E-state index is 0.0195. The number of fused-ring (bicyclic) bond motifs is 1. The van der Waals surface area contributed by atoms with Crippen molar-refractivity contribution in [3.8, 4) is 23.1 Å². The van der Waals surface area contributed by atoms with Gasteiger partial charge < -0.3 is 14.5 Å². The van der Waals surface area contributed by atoms with Crippen LogP contribution in [0, 0.1) is 5.92 Å². The van der Waals surface area contributed by atoms with Crippen molar-refractivity contribution in [3.63, 3.8) is 0 Å². The first kappa shape index (κ1) is 17.7. The Morgan fingerprint density at radius 3 is 2.66 bits per heavy atom. The summed E-state index contributed by atoms with van der Waals surface area (Å²) in [6.45, 7) is 0. The molecule has 0 radical (unpaired) electrons. The third-order valence-corrected chi connectivity index (χ3v) is 5.05. The maximum absolute atomic E-state index is 13.3. The van der Waals surface area contributed by atoms with E-state index in [9.17, 15) is 13.6 Å². The molecular formula is C20H16F2N4O3. The van der Waals surface area contributed by atoms with E-state index < -0.39 is 6.29 Å². The maximum atomic E-state index is 13.3. The zero-order chi connectivity index (χ0) is 20.0. The van der Waals surface area contributed by atoms with Gasteiger partial charge in [0.05, 0.1) is 0 Å². The Balaban J connectivity index is 1.46.